The highest BCUT2D eigenvalue weighted by molar-refractivity contribution is 7.90. The number of carbonyl (C=O) groups excluding carboxylic acids is 1. The van der Waals surface area contributed by atoms with Gasteiger partial charge in [0.05, 0.1) is 4.90 Å². The van der Waals surface area contributed by atoms with Gasteiger partial charge in [0.1, 0.15) is 0 Å². The Balaban J connectivity index is 0.00000361. The lowest BCUT2D eigenvalue weighted by atomic mass is 10.0. The van der Waals surface area contributed by atoms with Crippen molar-refractivity contribution in [3.05, 3.63) is 29.3 Å². The normalized spacial score (nSPS) is 11.7. The summed E-state index contributed by atoms with van der Waals surface area (Å²) in [5.74, 6) is -0.333. The lowest BCUT2D eigenvalue weighted by Crippen LogP contribution is -2.48. The molecule has 1 aromatic carbocycles. The molecule has 0 aromatic heterocycles. The van der Waals surface area contributed by atoms with Crippen molar-refractivity contribution in [2.24, 2.45) is 5.73 Å². The Labute approximate surface area is 126 Å². The number of sulfone groups is 1. The Kier molecular flexibility index (Phi) is 6.20. The molecule has 0 saturated heterocycles. The molecule has 1 aromatic rings. The minimum absolute atomic E-state index is 0. The number of nitrogens with two attached hydrogens (primary N) is 1. The van der Waals surface area contributed by atoms with E-state index in [9.17, 15) is 13.2 Å². The lowest BCUT2D eigenvalue weighted by molar-refractivity contribution is 0.0915. The summed E-state index contributed by atoms with van der Waals surface area (Å²) in [6.45, 7) is 5.60. The summed E-state index contributed by atoms with van der Waals surface area (Å²) < 4.78 is 23.2. The van der Waals surface area contributed by atoms with Gasteiger partial charge in [-0.1, -0.05) is 6.07 Å². The Bertz CT molecular complexity index is 598. The highest BCUT2D eigenvalue weighted by Gasteiger charge is 2.20. The summed E-state index contributed by atoms with van der Waals surface area (Å²) >= 11 is 0. The molecule has 1 rings (SSSR count). The topological polar surface area (TPSA) is 89.3 Å². The van der Waals surface area contributed by atoms with E-state index < -0.39 is 15.4 Å². The van der Waals surface area contributed by atoms with E-state index in [0.29, 0.717) is 17.7 Å². The smallest absolute Gasteiger partial charge is 0.251 e. The van der Waals surface area contributed by atoms with Crippen molar-refractivity contribution in [1.82, 2.24) is 5.32 Å². The third kappa shape index (κ3) is 4.77. The van der Waals surface area contributed by atoms with Gasteiger partial charge in [-0.05, 0) is 38.5 Å². The van der Waals surface area contributed by atoms with Crippen LogP contribution in [0.5, 0.6) is 0 Å². The fraction of sp³-hybridized carbons (Fsp3) is 0.462. The third-order valence-corrected chi connectivity index (χ3v) is 4.05. The first kappa shape index (κ1) is 18.9. The van der Waals surface area contributed by atoms with Gasteiger partial charge in [0.15, 0.2) is 9.84 Å². The van der Waals surface area contributed by atoms with Crippen LogP contribution in [0.15, 0.2) is 23.1 Å². The summed E-state index contributed by atoms with van der Waals surface area (Å²) in [7, 11) is -3.34. The number of hydrogen-bond acceptors (Lipinski definition) is 4. The van der Waals surface area contributed by atoms with Crippen LogP contribution in [-0.2, 0) is 9.84 Å². The fourth-order valence-electron chi connectivity index (χ4n) is 1.57. The van der Waals surface area contributed by atoms with Crippen LogP contribution >= 0.6 is 12.4 Å². The van der Waals surface area contributed by atoms with Crippen LogP contribution in [0.3, 0.4) is 0 Å². The molecule has 0 aliphatic carbocycles. The van der Waals surface area contributed by atoms with E-state index >= 15 is 0 Å². The zero-order chi connectivity index (χ0) is 14.8. The monoisotopic (exact) mass is 320 g/mol. The summed E-state index contributed by atoms with van der Waals surface area (Å²) in [6, 6.07) is 4.62. The van der Waals surface area contributed by atoms with Crippen molar-refractivity contribution in [3.63, 3.8) is 0 Å². The van der Waals surface area contributed by atoms with Gasteiger partial charge in [0.2, 0.25) is 0 Å². The summed E-state index contributed by atoms with van der Waals surface area (Å²) in [5, 5.41) is 2.76. The van der Waals surface area contributed by atoms with Gasteiger partial charge < -0.3 is 11.1 Å². The van der Waals surface area contributed by atoms with E-state index in [1.54, 1.807) is 32.9 Å². The Morgan fingerprint density at radius 3 is 2.35 bits per heavy atom. The summed E-state index contributed by atoms with van der Waals surface area (Å²) in [4.78, 5) is 12.2. The number of benzene rings is 1. The average molecular weight is 321 g/mol. The summed E-state index contributed by atoms with van der Waals surface area (Å²) in [5.41, 5.74) is 5.95. The van der Waals surface area contributed by atoms with Crippen LogP contribution < -0.4 is 11.1 Å². The highest BCUT2D eigenvalue weighted by atomic mass is 35.5. The fourth-order valence-corrected chi connectivity index (χ4v) is 2.57. The second kappa shape index (κ2) is 6.56. The van der Waals surface area contributed by atoms with Gasteiger partial charge in [0, 0.05) is 23.9 Å². The molecule has 7 heteroatoms. The molecule has 1 amide bonds. The van der Waals surface area contributed by atoms with E-state index in [-0.39, 0.29) is 23.2 Å². The Morgan fingerprint density at radius 2 is 1.90 bits per heavy atom. The zero-order valence-electron chi connectivity index (χ0n) is 12.1. The molecule has 0 unspecified atom stereocenters. The number of amides is 1. The van der Waals surface area contributed by atoms with Crippen LogP contribution in [0, 0.1) is 6.92 Å². The van der Waals surface area contributed by atoms with Crippen molar-refractivity contribution in [1.29, 1.82) is 0 Å². The quantitative estimate of drug-likeness (QED) is 0.874. The maximum absolute atomic E-state index is 12.0. The maximum Gasteiger partial charge on any atom is 0.251 e. The van der Waals surface area contributed by atoms with E-state index in [2.05, 4.69) is 5.32 Å². The van der Waals surface area contributed by atoms with Gasteiger partial charge in [-0.2, -0.15) is 0 Å². The first-order chi connectivity index (χ1) is 8.57. The van der Waals surface area contributed by atoms with Crippen LogP contribution in [0.1, 0.15) is 29.8 Å². The van der Waals surface area contributed by atoms with Crippen molar-refractivity contribution in [3.8, 4) is 0 Å². The van der Waals surface area contributed by atoms with Crippen molar-refractivity contribution in [2.45, 2.75) is 31.2 Å². The molecule has 114 valence electrons. The second-order valence-corrected chi connectivity index (χ2v) is 7.28. The predicted molar refractivity (Wildman–Crippen MR) is 82.1 cm³/mol. The maximum atomic E-state index is 12.0. The molecule has 20 heavy (non-hydrogen) atoms. The average Bonchev–Trinajstić information content (AvgIpc) is 2.27. The molecule has 0 radical (unpaired) electrons. The largest absolute Gasteiger partial charge is 0.346 e. The number of halogens is 1. The molecule has 0 saturated carbocycles. The number of aryl methyl sites for hydroxylation is 1. The Morgan fingerprint density at radius 1 is 1.35 bits per heavy atom. The molecule has 0 fully saturated rings. The first-order valence-electron chi connectivity index (χ1n) is 5.90. The highest BCUT2D eigenvalue weighted by Crippen LogP contribution is 2.17. The van der Waals surface area contributed by atoms with E-state index in [1.807, 2.05) is 0 Å². The van der Waals surface area contributed by atoms with Crippen LogP contribution in [-0.4, -0.2) is 32.7 Å². The van der Waals surface area contributed by atoms with Crippen LogP contribution in [0.4, 0.5) is 0 Å². The summed E-state index contributed by atoms with van der Waals surface area (Å²) in [6.07, 6.45) is 1.13. The molecule has 0 bridgehead atoms. The number of nitrogens with one attached hydrogen (secondary N) is 1. The number of hydrogen-bond donors (Lipinski definition) is 2. The molecule has 0 aliphatic rings. The van der Waals surface area contributed by atoms with E-state index in [0.717, 1.165) is 6.26 Å². The molecule has 3 N–H and O–H groups in total. The molecular weight excluding hydrogens is 300 g/mol. The molecule has 5 nitrogen and oxygen atoms in total. The van der Waals surface area contributed by atoms with Gasteiger partial charge in [-0.25, -0.2) is 8.42 Å². The third-order valence-electron chi connectivity index (χ3n) is 2.81. The van der Waals surface area contributed by atoms with Crippen LogP contribution in [0.25, 0.3) is 0 Å². The van der Waals surface area contributed by atoms with Gasteiger partial charge in [-0.15, -0.1) is 12.4 Å². The second-order valence-electron chi connectivity index (χ2n) is 5.29. The van der Waals surface area contributed by atoms with Crippen molar-refractivity contribution in [2.75, 3.05) is 12.8 Å². The van der Waals surface area contributed by atoms with Crippen molar-refractivity contribution < 1.29 is 13.2 Å². The number of rotatable bonds is 4. The van der Waals surface area contributed by atoms with Crippen molar-refractivity contribution >= 4 is 28.2 Å². The standard InChI is InChI=1S/C13H20N2O3S.ClH/c1-9-5-6-10(7-11(9)19(4,17)18)12(16)15-13(2,3)8-14;/h5-7H,8,14H2,1-4H3,(H,15,16);1H. The van der Waals surface area contributed by atoms with E-state index in [1.165, 1.54) is 6.07 Å². The Hall–Kier alpha value is -1.11. The van der Waals surface area contributed by atoms with Crippen LogP contribution in [0.2, 0.25) is 0 Å². The minimum atomic E-state index is -3.34. The lowest BCUT2D eigenvalue weighted by Gasteiger charge is -2.24. The molecule has 0 heterocycles. The molecule has 0 atom stereocenters. The molecular formula is C13H21ClN2O3S. The SMILES string of the molecule is Cc1ccc(C(=O)NC(C)(C)CN)cc1S(C)(=O)=O.Cl. The first-order valence-corrected chi connectivity index (χ1v) is 7.79. The predicted octanol–water partition coefficient (Wildman–Crippen LogP) is 1.29. The van der Waals surface area contributed by atoms with Gasteiger partial charge >= 0.3 is 0 Å². The van der Waals surface area contributed by atoms with Gasteiger partial charge in [0.25, 0.3) is 5.91 Å². The molecule has 0 spiro atoms. The number of carbonyl (C=O) groups is 1. The van der Waals surface area contributed by atoms with Gasteiger partial charge in [-0.3, -0.25) is 4.79 Å². The minimum Gasteiger partial charge on any atom is -0.346 e. The zero-order valence-corrected chi connectivity index (χ0v) is 13.7. The molecule has 0 aliphatic heterocycles. The van der Waals surface area contributed by atoms with E-state index in [4.69, 9.17) is 5.73 Å².